The average Bonchev–Trinajstić information content (AvgIpc) is 3.06. The largest absolute Gasteiger partial charge is 0.349 e. The number of aryl methyl sites for hydroxylation is 2. The third-order valence-electron chi connectivity index (χ3n) is 5.96. The Labute approximate surface area is 184 Å². The van der Waals surface area contributed by atoms with E-state index in [9.17, 15) is 4.79 Å². The van der Waals surface area contributed by atoms with Crippen LogP contribution in [0.5, 0.6) is 0 Å². The van der Waals surface area contributed by atoms with Crippen molar-refractivity contribution in [2.45, 2.75) is 39.7 Å². The summed E-state index contributed by atoms with van der Waals surface area (Å²) in [6.07, 6.45) is 4.20. The minimum atomic E-state index is -0.0385. The van der Waals surface area contributed by atoms with Crippen LogP contribution in [0, 0.1) is 6.92 Å². The van der Waals surface area contributed by atoms with Crippen molar-refractivity contribution < 1.29 is 4.79 Å². The van der Waals surface area contributed by atoms with Gasteiger partial charge in [0.1, 0.15) is 0 Å². The number of likely N-dealkylation sites (tertiary alicyclic amines) is 1. The van der Waals surface area contributed by atoms with Crippen LogP contribution in [0.2, 0.25) is 0 Å². The molecule has 1 saturated heterocycles. The Morgan fingerprint density at radius 3 is 2.58 bits per heavy atom. The second-order valence-electron chi connectivity index (χ2n) is 8.66. The van der Waals surface area contributed by atoms with Crippen LogP contribution in [0.1, 0.15) is 42.7 Å². The minimum absolute atomic E-state index is 0.0385. The molecule has 1 amide bonds. The molecule has 0 spiro atoms. The van der Waals surface area contributed by atoms with Crippen molar-refractivity contribution in [3.8, 4) is 11.3 Å². The summed E-state index contributed by atoms with van der Waals surface area (Å²) >= 11 is 0. The summed E-state index contributed by atoms with van der Waals surface area (Å²) in [5.41, 5.74) is 5.34. The highest BCUT2D eigenvalue weighted by atomic mass is 16.1. The van der Waals surface area contributed by atoms with Crippen molar-refractivity contribution >= 4 is 16.9 Å². The fraction of sp³-hybridized carbons (Fsp3) is 0.400. The second kappa shape index (κ2) is 9.02. The third kappa shape index (κ3) is 4.69. The van der Waals surface area contributed by atoms with Crippen molar-refractivity contribution in [1.82, 2.24) is 25.0 Å². The lowest BCUT2D eigenvalue weighted by Gasteiger charge is -2.31. The van der Waals surface area contributed by atoms with Crippen LogP contribution in [0.25, 0.3) is 22.3 Å². The Morgan fingerprint density at radius 1 is 1.19 bits per heavy atom. The minimum Gasteiger partial charge on any atom is -0.349 e. The smallest absolute Gasteiger partial charge is 0.252 e. The second-order valence-corrected chi connectivity index (χ2v) is 8.66. The number of piperidine rings is 1. The number of rotatable bonds is 5. The number of fused-ring (bicyclic) bond motifs is 1. The predicted molar refractivity (Wildman–Crippen MR) is 125 cm³/mol. The van der Waals surface area contributed by atoms with E-state index in [0.717, 1.165) is 60.5 Å². The molecule has 1 aliphatic heterocycles. The zero-order valence-electron chi connectivity index (χ0n) is 18.9. The van der Waals surface area contributed by atoms with Crippen LogP contribution in [-0.4, -0.2) is 51.2 Å². The molecule has 3 aromatic rings. The molecule has 1 N–H and O–H groups in total. The summed E-state index contributed by atoms with van der Waals surface area (Å²) in [6, 6.07) is 12.1. The number of hydrogen-bond donors (Lipinski definition) is 1. The standard InChI is InChI=1S/C25H31N5O/c1-17(2)10-13-30-14-11-20(12-15-30)26-25(31)21-16-22(19-8-6-5-7-9-19)27-24-23(21)18(3)28-29(24)4/h5-10,16,20H,11-15H2,1-4H3,(H,26,31). The van der Waals surface area contributed by atoms with E-state index in [4.69, 9.17) is 4.98 Å². The van der Waals surface area contributed by atoms with Crippen molar-refractivity contribution in [2.75, 3.05) is 19.6 Å². The van der Waals surface area contributed by atoms with E-state index in [-0.39, 0.29) is 11.9 Å². The van der Waals surface area contributed by atoms with Crippen molar-refractivity contribution in [3.63, 3.8) is 0 Å². The number of allylic oxidation sites excluding steroid dienone is 1. The van der Waals surface area contributed by atoms with Gasteiger partial charge in [0.25, 0.3) is 5.91 Å². The number of nitrogens with zero attached hydrogens (tertiary/aromatic N) is 4. The number of carbonyl (C=O) groups excluding carboxylic acids is 1. The fourth-order valence-corrected chi connectivity index (χ4v) is 4.22. The van der Waals surface area contributed by atoms with E-state index >= 15 is 0 Å². The van der Waals surface area contributed by atoms with Gasteiger partial charge in [-0.25, -0.2) is 4.98 Å². The van der Waals surface area contributed by atoms with Crippen molar-refractivity contribution in [1.29, 1.82) is 0 Å². The topological polar surface area (TPSA) is 63.1 Å². The number of aromatic nitrogens is 3. The SMILES string of the molecule is CC(C)=CCN1CCC(NC(=O)c2cc(-c3ccccc3)nc3c2c(C)nn3C)CC1. The molecule has 6 heteroatoms. The van der Waals surface area contributed by atoms with Gasteiger partial charge in [-0.15, -0.1) is 0 Å². The van der Waals surface area contributed by atoms with Gasteiger partial charge in [0, 0.05) is 38.3 Å². The number of pyridine rings is 1. The van der Waals surface area contributed by atoms with Gasteiger partial charge in [0.05, 0.1) is 22.3 Å². The van der Waals surface area contributed by atoms with E-state index in [0.29, 0.717) is 5.56 Å². The van der Waals surface area contributed by atoms with E-state index in [1.54, 1.807) is 4.68 Å². The Hall–Kier alpha value is -2.99. The van der Waals surface area contributed by atoms with Gasteiger partial charge in [-0.3, -0.25) is 14.4 Å². The van der Waals surface area contributed by atoms with Gasteiger partial charge >= 0.3 is 0 Å². The summed E-state index contributed by atoms with van der Waals surface area (Å²) < 4.78 is 1.76. The molecule has 0 atom stereocenters. The predicted octanol–water partition coefficient (Wildman–Crippen LogP) is 4.10. The molecule has 0 bridgehead atoms. The first-order valence-corrected chi connectivity index (χ1v) is 11.0. The molecule has 0 aliphatic carbocycles. The van der Waals surface area contributed by atoms with Gasteiger partial charge in [0.2, 0.25) is 0 Å². The molecule has 162 valence electrons. The molecule has 2 aromatic heterocycles. The zero-order chi connectivity index (χ0) is 22.0. The Morgan fingerprint density at radius 2 is 1.90 bits per heavy atom. The third-order valence-corrected chi connectivity index (χ3v) is 5.96. The molecule has 4 rings (SSSR count). The fourth-order valence-electron chi connectivity index (χ4n) is 4.22. The number of amides is 1. The molecule has 1 aliphatic rings. The van der Waals surface area contributed by atoms with Crippen LogP contribution in [0.15, 0.2) is 48.0 Å². The Balaban J connectivity index is 1.57. The van der Waals surface area contributed by atoms with Crippen molar-refractivity contribution in [3.05, 3.63) is 59.3 Å². The lowest BCUT2D eigenvalue weighted by atomic mass is 10.0. The summed E-state index contributed by atoms with van der Waals surface area (Å²) in [6.45, 7) is 9.19. The van der Waals surface area contributed by atoms with Gasteiger partial charge in [0.15, 0.2) is 5.65 Å². The average molecular weight is 418 g/mol. The molecular weight excluding hydrogens is 386 g/mol. The van der Waals surface area contributed by atoms with Crippen LogP contribution in [0.4, 0.5) is 0 Å². The molecule has 6 nitrogen and oxygen atoms in total. The lowest BCUT2D eigenvalue weighted by Crippen LogP contribution is -2.44. The normalized spacial score (nSPS) is 15.2. The highest BCUT2D eigenvalue weighted by Gasteiger charge is 2.24. The summed E-state index contributed by atoms with van der Waals surface area (Å²) in [5, 5.41) is 8.64. The first-order valence-electron chi connectivity index (χ1n) is 11.0. The van der Waals surface area contributed by atoms with Crippen LogP contribution in [-0.2, 0) is 7.05 Å². The Kier molecular flexibility index (Phi) is 6.18. The molecule has 3 heterocycles. The number of carbonyl (C=O) groups is 1. The first-order chi connectivity index (χ1) is 14.9. The summed E-state index contributed by atoms with van der Waals surface area (Å²) in [5.74, 6) is -0.0385. The number of nitrogens with one attached hydrogen (secondary N) is 1. The molecule has 0 radical (unpaired) electrons. The monoisotopic (exact) mass is 417 g/mol. The zero-order valence-corrected chi connectivity index (χ0v) is 18.9. The van der Waals surface area contributed by atoms with Crippen molar-refractivity contribution in [2.24, 2.45) is 7.05 Å². The van der Waals surface area contributed by atoms with Crippen LogP contribution < -0.4 is 5.32 Å². The number of hydrogen-bond acceptors (Lipinski definition) is 4. The summed E-state index contributed by atoms with van der Waals surface area (Å²) in [7, 11) is 1.88. The van der Waals surface area contributed by atoms with E-state index in [2.05, 4.69) is 35.2 Å². The van der Waals surface area contributed by atoms with E-state index in [1.807, 2.05) is 50.4 Å². The van der Waals surface area contributed by atoms with Crippen LogP contribution >= 0.6 is 0 Å². The molecule has 1 aromatic carbocycles. The van der Waals surface area contributed by atoms with E-state index < -0.39 is 0 Å². The lowest BCUT2D eigenvalue weighted by molar-refractivity contribution is 0.0915. The van der Waals surface area contributed by atoms with E-state index in [1.165, 1.54) is 5.57 Å². The quantitative estimate of drug-likeness (QED) is 0.635. The number of benzene rings is 1. The molecular formula is C25H31N5O. The maximum Gasteiger partial charge on any atom is 0.252 e. The highest BCUT2D eigenvalue weighted by molar-refractivity contribution is 6.07. The first kappa shape index (κ1) is 21.2. The molecule has 0 saturated carbocycles. The van der Waals surface area contributed by atoms with Crippen LogP contribution in [0.3, 0.4) is 0 Å². The maximum absolute atomic E-state index is 13.4. The Bertz CT molecular complexity index is 1100. The highest BCUT2D eigenvalue weighted by Crippen LogP contribution is 2.27. The molecule has 1 fully saturated rings. The molecule has 31 heavy (non-hydrogen) atoms. The van der Waals surface area contributed by atoms with Gasteiger partial charge in [-0.05, 0) is 39.7 Å². The van der Waals surface area contributed by atoms with Gasteiger partial charge < -0.3 is 5.32 Å². The molecule has 0 unspecified atom stereocenters. The maximum atomic E-state index is 13.4. The van der Waals surface area contributed by atoms with Gasteiger partial charge in [-0.1, -0.05) is 42.0 Å². The van der Waals surface area contributed by atoms with Gasteiger partial charge in [-0.2, -0.15) is 5.10 Å². The summed E-state index contributed by atoms with van der Waals surface area (Å²) in [4.78, 5) is 20.6.